The van der Waals surface area contributed by atoms with Gasteiger partial charge in [-0.1, -0.05) is 0 Å². The van der Waals surface area contributed by atoms with Crippen molar-refractivity contribution >= 4 is 33.2 Å². The van der Waals surface area contributed by atoms with Crippen LogP contribution in [0.4, 0.5) is 10.2 Å². The van der Waals surface area contributed by atoms with E-state index in [2.05, 4.69) is 19.9 Å². The number of hydrogen-bond donors (Lipinski definition) is 2. The van der Waals surface area contributed by atoms with E-state index in [1.54, 1.807) is 23.1 Å². The van der Waals surface area contributed by atoms with Crippen molar-refractivity contribution in [2.75, 3.05) is 12.3 Å². The lowest BCUT2D eigenvalue weighted by molar-refractivity contribution is -0.198. The fourth-order valence-electron chi connectivity index (χ4n) is 3.98. The quantitative estimate of drug-likeness (QED) is 0.427. The topological polar surface area (TPSA) is 183 Å². The van der Waals surface area contributed by atoms with E-state index in [0.29, 0.717) is 11.2 Å². The molecule has 2 aliphatic rings. The molecule has 16 heteroatoms. The van der Waals surface area contributed by atoms with Crippen LogP contribution in [0.25, 0.3) is 11.2 Å². The molecule has 5 rings (SSSR count). The second-order valence-electron chi connectivity index (χ2n) is 8.22. The lowest BCUT2D eigenvalue weighted by Crippen LogP contribution is -2.38. The molecule has 0 aromatic carbocycles. The lowest BCUT2D eigenvalue weighted by Gasteiger charge is -2.24. The highest BCUT2D eigenvalue weighted by Crippen LogP contribution is 2.44. The summed E-state index contributed by atoms with van der Waals surface area (Å²) in [4.78, 5) is 27.8. The van der Waals surface area contributed by atoms with Gasteiger partial charge in [0.15, 0.2) is 23.5 Å². The summed E-state index contributed by atoms with van der Waals surface area (Å²) in [5.74, 6) is -3.17. The molecule has 5 heterocycles. The van der Waals surface area contributed by atoms with E-state index in [1.165, 1.54) is 18.7 Å². The van der Waals surface area contributed by atoms with Crippen LogP contribution in [0.15, 0.2) is 31.0 Å². The van der Waals surface area contributed by atoms with Crippen molar-refractivity contribution in [3.05, 3.63) is 42.5 Å². The third-order valence-corrected chi connectivity index (χ3v) is 6.28. The third kappa shape index (κ3) is 4.41. The molecule has 3 N–H and O–H groups in total. The van der Waals surface area contributed by atoms with Crippen molar-refractivity contribution in [3.8, 4) is 0 Å². The number of nitrogens with two attached hydrogens (primary N) is 1. The van der Waals surface area contributed by atoms with Gasteiger partial charge in [0.2, 0.25) is 5.95 Å². The zero-order chi connectivity index (χ0) is 25.0. The molecule has 2 fully saturated rings. The fraction of sp³-hybridized carbons (Fsp3) is 0.421. The molecule has 14 nitrogen and oxygen atoms in total. The molecule has 0 saturated carbocycles. The number of halogens is 1. The number of nitrogens with zero attached hydrogens (tertiary/aromatic N) is 5. The van der Waals surface area contributed by atoms with Crippen molar-refractivity contribution in [1.29, 1.82) is 0 Å². The van der Waals surface area contributed by atoms with Gasteiger partial charge in [-0.2, -0.15) is 12.8 Å². The van der Waals surface area contributed by atoms with Crippen molar-refractivity contribution in [2.24, 2.45) is 0 Å². The molecule has 1 amide bonds. The smallest absolute Gasteiger partial charge is 0.362 e. The Bertz CT molecular complexity index is 1400. The average Bonchev–Trinajstić information content (AvgIpc) is 3.44. The first-order valence-corrected chi connectivity index (χ1v) is 11.7. The highest BCUT2D eigenvalue weighted by molar-refractivity contribution is 7.85. The number of carbonyl (C=O) groups is 1. The number of pyridine rings is 1. The monoisotopic (exact) mass is 509 g/mol. The molecule has 0 unspecified atom stereocenters. The van der Waals surface area contributed by atoms with Crippen molar-refractivity contribution in [1.82, 2.24) is 29.2 Å². The Balaban J connectivity index is 1.34. The Morgan fingerprint density at radius 1 is 1.26 bits per heavy atom. The molecule has 4 atom stereocenters. The maximum absolute atomic E-state index is 13.7. The van der Waals surface area contributed by atoms with Gasteiger partial charge in [-0.05, 0) is 26.0 Å². The summed E-state index contributed by atoms with van der Waals surface area (Å²) in [7, 11) is -4.63. The van der Waals surface area contributed by atoms with Crippen LogP contribution in [-0.2, 0) is 28.7 Å². The Morgan fingerprint density at radius 2 is 2.03 bits per heavy atom. The highest BCUT2D eigenvalue weighted by atomic mass is 32.2. The van der Waals surface area contributed by atoms with E-state index in [9.17, 15) is 17.6 Å². The van der Waals surface area contributed by atoms with Crippen LogP contribution in [0.1, 0.15) is 30.4 Å². The predicted molar refractivity (Wildman–Crippen MR) is 114 cm³/mol. The first-order valence-electron chi connectivity index (χ1n) is 10.3. The largest absolute Gasteiger partial charge is 0.382 e. The molecule has 35 heavy (non-hydrogen) atoms. The summed E-state index contributed by atoms with van der Waals surface area (Å²) < 4.78 is 64.5. The number of carbonyl (C=O) groups excluding carboxylic acids is 1. The van der Waals surface area contributed by atoms with Gasteiger partial charge in [-0.15, -0.1) is 0 Å². The fourth-order valence-corrected chi connectivity index (χ4v) is 4.69. The Hall–Kier alpha value is -3.31. The standard InChI is InChI=1S/C19H20FN7O7S/c1-19(2)33-12-10(6-31-35(29,30)26-17(28)9-4-3-5-22-14(9)20)32-18(13(12)34-19)27-8-25-11-15(21)23-7-24-16(11)27/h3-5,7-8,10,12-13,18H,6H2,1-2H3,(H,26,28)(H2,21,23,24)/t10-,12-,13-,18-/m1/s1. The van der Waals surface area contributed by atoms with E-state index in [0.717, 1.165) is 12.3 Å². The summed E-state index contributed by atoms with van der Waals surface area (Å²) in [6.45, 7) is 2.87. The summed E-state index contributed by atoms with van der Waals surface area (Å²) >= 11 is 0. The molecule has 2 aliphatic heterocycles. The number of nitrogens with one attached hydrogen (secondary N) is 1. The van der Waals surface area contributed by atoms with Crippen LogP contribution in [0.3, 0.4) is 0 Å². The van der Waals surface area contributed by atoms with Gasteiger partial charge in [-0.3, -0.25) is 13.5 Å². The zero-order valence-corrected chi connectivity index (χ0v) is 19.2. The second kappa shape index (κ2) is 8.42. The molecule has 3 aromatic heterocycles. The predicted octanol–water partition coefficient (Wildman–Crippen LogP) is 0.0515. The molecule has 186 valence electrons. The van der Waals surface area contributed by atoms with Gasteiger partial charge >= 0.3 is 10.3 Å². The van der Waals surface area contributed by atoms with Crippen LogP contribution >= 0.6 is 0 Å². The minimum Gasteiger partial charge on any atom is -0.382 e. The molecule has 0 aliphatic carbocycles. The Labute approximate surface area is 197 Å². The summed E-state index contributed by atoms with van der Waals surface area (Å²) in [5, 5.41) is 0. The van der Waals surface area contributed by atoms with Crippen LogP contribution in [0.5, 0.6) is 0 Å². The van der Waals surface area contributed by atoms with E-state index in [-0.39, 0.29) is 5.82 Å². The molecule has 0 bridgehead atoms. The molecular weight excluding hydrogens is 489 g/mol. The number of amides is 1. The molecular formula is C19H20FN7O7S. The van der Waals surface area contributed by atoms with Crippen LogP contribution in [0, 0.1) is 5.95 Å². The summed E-state index contributed by atoms with van der Waals surface area (Å²) in [5.41, 5.74) is 6.05. The van der Waals surface area contributed by atoms with Crippen molar-refractivity contribution < 1.29 is 36.0 Å². The first-order chi connectivity index (χ1) is 16.5. The van der Waals surface area contributed by atoms with E-state index < -0.39 is 64.7 Å². The van der Waals surface area contributed by atoms with E-state index in [1.807, 2.05) is 0 Å². The van der Waals surface area contributed by atoms with Gasteiger partial charge in [0.05, 0.1) is 18.5 Å². The van der Waals surface area contributed by atoms with Gasteiger partial charge in [0.25, 0.3) is 5.91 Å². The Morgan fingerprint density at radius 3 is 2.80 bits per heavy atom. The number of ether oxygens (including phenoxy) is 3. The van der Waals surface area contributed by atoms with Crippen LogP contribution in [0.2, 0.25) is 0 Å². The van der Waals surface area contributed by atoms with Crippen LogP contribution in [-0.4, -0.2) is 69.5 Å². The number of imidazole rings is 1. The Kier molecular flexibility index (Phi) is 5.64. The van der Waals surface area contributed by atoms with Gasteiger partial charge in [0.1, 0.15) is 30.2 Å². The number of anilines is 1. The summed E-state index contributed by atoms with van der Waals surface area (Å²) in [6, 6.07) is 2.37. The molecule has 3 aromatic rings. The normalized spacial score (nSPS) is 25.6. The lowest BCUT2D eigenvalue weighted by atomic mass is 10.1. The molecule has 0 spiro atoms. The van der Waals surface area contributed by atoms with Crippen molar-refractivity contribution in [3.63, 3.8) is 0 Å². The SMILES string of the molecule is CC1(C)O[C@@H]2[C@H](O1)[C@@H](COS(=O)(=O)NC(=O)c1cccnc1F)O[C@H]2n1cnc2c(N)ncnc21. The van der Waals surface area contributed by atoms with E-state index >= 15 is 0 Å². The maximum Gasteiger partial charge on any atom is 0.362 e. The van der Waals surface area contributed by atoms with Gasteiger partial charge < -0.3 is 19.9 Å². The maximum atomic E-state index is 13.7. The van der Waals surface area contributed by atoms with E-state index in [4.69, 9.17) is 24.1 Å². The second-order valence-corrected chi connectivity index (χ2v) is 9.57. The molecule has 0 radical (unpaired) electrons. The van der Waals surface area contributed by atoms with Gasteiger partial charge in [0, 0.05) is 6.20 Å². The minimum atomic E-state index is -4.63. The zero-order valence-electron chi connectivity index (χ0n) is 18.4. The number of fused-ring (bicyclic) bond motifs is 2. The number of hydrogen-bond acceptors (Lipinski definition) is 12. The number of rotatable bonds is 6. The van der Waals surface area contributed by atoms with Crippen molar-refractivity contribution in [2.45, 2.75) is 44.2 Å². The summed E-state index contributed by atoms with van der Waals surface area (Å²) in [6.07, 6.45) is 0.716. The minimum absolute atomic E-state index is 0.180. The van der Waals surface area contributed by atoms with Crippen LogP contribution < -0.4 is 10.5 Å². The highest BCUT2D eigenvalue weighted by Gasteiger charge is 2.56. The third-order valence-electron chi connectivity index (χ3n) is 5.40. The van der Waals surface area contributed by atoms with Gasteiger partial charge in [-0.25, -0.2) is 24.7 Å². The molecule has 2 saturated heterocycles. The number of aromatic nitrogens is 5. The average molecular weight is 509 g/mol. The first kappa shape index (κ1) is 23.4. The number of nitrogen functional groups attached to an aromatic ring is 1.